The second-order valence-electron chi connectivity index (χ2n) is 22.4. The normalized spacial score (nSPS) is 20.9. The fourth-order valence-electron chi connectivity index (χ4n) is 9.57. The first-order valence-electron chi connectivity index (χ1n) is 25.6. The van der Waals surface area contributed by atoms with Crippen LogP contribution in [0.3, 0.4) is 0 Å². The summed E-state index contributed by atoms with van der Waals surface area (Å²) in [6.07, 6.45) is 11.9. The third-order valence-electron chi connectivity index (χ3n) is 14.8. The average Bonchev–Trinajstić information content (AvgIpc) is 3.96. The highest BCUT2D eigenvalue weighted by Gasteiger charge is 2.42. The predicted octanol–water partition coefficient (Wildman–Crippen LogP) is 6.69. The van der Waals surface area contributed by atoms with Gasteiger partial charge in [-0.2, -0.15) is 16.8 Å². The zero-order chi connectivity index (χ0) is 54.5. The van der Waals surface area contributed by atoms with Crippen molar-refractivity contribution in [1.82, 2.24) is 54.3 Å². The van der Waals surface area contributed by atoms with Crippen molar-refractivity contribution in [2.75, 3.05) is 41.8 Å². The molecule has 2 aliphatic carbocycles. The molecule has 6 aromatic heterocycles. The molecule has 0 spiro atoms. The molecule has 6 aromatic rings. The van der Waals surface area contributed by atoms with E-state index < -0.39 is 31.9 Å². The van der Waals surface area contributed by atoms with Gasteiger partial charge in [0, 0.05) is 60.8 Å². The Kier molecular flexibility index (Phi) is 14.2. The molecule has 11 rings (SSSR count). The Hall–Kier alpha value is -6.89. The molecule has 5 aliphatic rings. The van der Waals surface area contributed by atoms with E-state index in [0.29, 0.717) is 71.4 Å². The zero-order valence-corrected chi connectivity index (χ0v) is 46.1. The number of anilines is 3. The lowest BCUT2D eigenvalue weighted by Gasteiger charge is -2.33. The second kappa shape index (κ2) is 20.5. The molecular weight excluding hydrogens is 1050 g/mol. The van der Waals surface area contributed by atoms with Crippen molar-refractivity contribution in [2.45, 2.75) is 126 Å². The van der Waals surface area contributed by atoms with E-state index in [9.17, 15) is 26.4 Å². The van der Waals surface area contributed by atoms with Gasteiger partial charge in [-0.05, 0) is 138 Å². The van der Waals surface area contributed by atoms with Crippen LogP contribution < -0.4 is 39.8 Å². The van der Waals surface area contributed by atoms with Gasteiger partial charge >= 0.3 is 0 Å². The van der Waals surface area contributed by atoms with Gasteiger partial charge in [0.1, 0.15) is 22.6 Å². The fourth-order valence-corrected chi connectivity index (χ4v) is 11.7. The fraction of sp³-hybridized carbons (Fsp3) is 0.462. The van der Waals surface area contributed by atoms with Crippen LogP contribution in [-0.4, -0.2) is 118 Å². The summed E-state index contributed by atoms with van der Waals surface area (Å²) in [6, 6.07) is 19.0. The number of hydrogen-bond donors (Lipinski definition) is 5. The summed E-state index contributed by atoms with van der Waals surface area (Å²) in [7, 11) is -8.45. The topological polar surface area (TPSA) is 271 Å². The van der Waals surface area contributed by atoms with Gasteiger partial charge in [-0.15, -0.1) is 10.2 Å². The minimum Gasteiger partial charge on any atom is -0.477 e. The minimum absolute atomic E-state index is 0.0141. The van der Waals surface area contributed by atoms with Crippen molar-refractivity contribution in [2.24, 2.45) is 10.8 Å². The van der Waals surface area contributed by atoms with E-state index in [4.69, 9.17) is 26.1 Å². The Morgan fingerprint density at radius 2 is 1.43 bits per heavy atom. The number of carbonyl (C=O) groups is 2. The Labute approximate surface area is 452 Å². The number of pyridine rings is 4. The number of rotatable bonds is 15. The summed E-state index contributed by atoms with van der Waals surface area (Å²) in [5.74, 6) is 1.36. The predicted molar refractivity (Wildman–Crippen MR) is 288 cm³/mol. The van der Waals surface area contributed by atoms with Crippen LogP contribution in [0.25, 0.3) is 11.6 Å². The van der Waals surface area contributed by atoms with Crippen molar-refractivity contribution in [3.05, 3.63) is 101 Å². The summed E-state index contributed by atoms with van der Waals surface area (Å²) < 4.78 is 70.7. The Morgan fingerprint density at radius 1 is 0.792 bits per heavy atom. The van der Waals surface area contributed by atoms with Crippen LogP contribution >= 0.6 is 11.6 Å². The summed E-state index contributed by atoms with van der Waals surface area (Å²) >= 11 is 6.27. The van der Waals surface area contributed by atoms with E-state index in [-0.39, 0.29) is 49.5 Å². The molecule has 3 aliphatic heterocycles. The van der Waals surface area contributed by atoms with Gasteiger partial charge in [-0.25, -0.2) is 38.7 Å². The molecule has 2 saturated heterocycles. The van der Waals surface area contributed by atoms with Crippen molar-refractivity contribution < 1.29 is 35.9 Å². The van der Waals surface area contributed by atoms with Gasteiger partial charge in [-0.1, -0.05) is 37.6 Å². The summed E-state index contributed by atoms with van der Waals surface area (Å²) in [4.78, 5) is 45.7. The van der Waals surface area contributed by atoms with E-state index in [1.165, 1.54) is 54.6 Å². The maximum absolute atomic E-state index is 13.3. The van der Waals surface area contributed by atoms with Crippen LogP contribution in [0, 0.1) is 10.8 Å². The van der Waals surface area contributed by atoms with Gasteiger partial charge in [0.05, 0.1) is 24.3 Å². The molecule has 4 bridgehead atoms. The number of nitrogens with zero attached hydrogens (tertiary/aromatic N) is 9. The number of carbonyl (C=O) groups excluding carboxylic acids is 2. The van der Waals surface area contributed by atoms with E-state index in [1.807, 2.05) is 9.62 Å². The molecule has 2 saturated carbocycles. The Morgan fingerprint density at radius 3 is 2.05 bits per heavy atom. The number of halogens is 1. The van der Waals surface area contributed by atoms with E-state index in [0.717, 1.165) is 32.2 Å². The highest BCUT2D eigenvalue weighted by Crippen LogP contribution is 2.48. The van der Waals surface area contributed by atoms with Crippen LogP contribution in [-0.2, 0) is 20.0 Å². The zero-order valence-electron chi connectivity index (χ0n) is 43.7. The maximum Gasteiger partial charge on any atom is 0.281 e. The molecule has 25 heteroatoms. The lowest BCUT2D eigenvalue weighted by molar-refractivity contribution is 0.0972. The Bertz CT molecular complexity index is 3450. The molecule has 2 amide bonds. The lowest BCUT2D eigenvalue weighted by atomic mass is 9.99. The van der Waals surface area contributed by atoms with Crippen LogP contribution in [0.2, 0.25) is 5.15 Å². The molecule has 0 aromatic carbocycles. The number of ether oxygens (including phenoxy) is 2. The SMILES string of the molecule is CC1(CCOc2ccn(-c3ccc(C(=O)NS(=O)(=O)c4cccc(NC5CNC(C)(C)C5)n4)c(Cl)n3)n2)CC1.CC1(CCOc2ccn(-c3ccc4c(n3)N3CC(CC3(C)C)Nc3cccc(n3)S(=O)(=O)NC4=O)n2)CC1. The molecule has 77 heavy (non-hydrogen) atoms. The number of aromatic nitrogens is 8. The second-order valence-corrected chi connectivity index (χ2v) is 26.1. The standard InChI is InChI=1S/C26H32ClN7O4S.C26H31N7O4S/c1-25(2)15-17(16-28-25)29-19-5-4-6-22(30-19)39(36,37)33-24(35)18-7-8-20(31-23(18)27)34-13-9-21(32-34)38-14-12-26(3)10-11-26;1-25(2)15-17-16-32(25)23-18(24(34)31-38(35,36)22-6-4-5-19(27-17)28-22)7-8-20(29-23)33-13-9-21(30-33)37-14-12-26(3)10-11-26/h4-9,13,17,28H,10-12,14-16H2,1-3H3,(H,29,30)(H,33,35);4-9,13,17H,10-12,14-16H2,1-3H3,(H,27,28)(H,31,34). The van der Waals surface area contributed by atoms with Gasteiger partial charge < -0.3 is 30.3 Å². The Balaban J connectivity index is 0.000000175. The first-order valence-corrected chi connectivity index (χ1v) is 29.0. The van der Waals surface area contributed by atoms with Crippen molar-refractivity contribution in [3.63, 3.8) is 0 Å². The first-order chi connectivity index (χ1) is 36.4. The molecule has 0 radical (unpaired) electrons. The summed E-state index contributed by atoms with van der Waals surface area (Å²) in [5, 5.41) is 18.2. The molecule has 408 valence electrons. The third kappa shape index (κ3) is 12.6. The smallest absolute Gasteiger partial charge is 0.281 e. The molecular formula is C52H63ClN14O8S2. The highest BCUT2D eigenvalue weighted by atomic mass is 35.5. The quantitative estimate of drug-likeness (QED) is 0.0670. The summed E-state index contributed by atoms with van der Waals surface area (Å²) in [5.41, 5.74) is 0.460. The van der Waals surface area contributed by atoms with E-state index >= 15 is 0 Å². The monoisotopic (exact) mass is 1110 g/mol. The number of sulfonamides is 2. The van der Waals surface area contributed by atoms with Crippen LogP contribution in [0.4, 0.5) is 17.5 Å². The van der Waals surface area contributed by atoms with Crippen LogP contribution in [0.1, 0.15) is 114 Å². The maximum atomic E-state index is 13.3. The number of hydrogen-bond acceptors (Lipinski definition) is 18. The van der Waals surface area contributed by atoms with Gasteiger partial charge in [-0.3, -0.25) is 9.59 Å². The lowest BCUT2D eigenvalue weighted by Crippen LogP contribution is -2.41. The number of fused-ring (bicyclic) bond motifs is 6. The molecule has 9 heterocycles. The molecule has 5 N–H and O–H groups in total. The van der Waals surface area contributed by atoms with Crippen molar-refractivity contribution in [3.8, 4) is 23.4 Å². The number of amides is 2. The van der Waals surface area contributed by atoms with Crippen LogP contribution in [0.15, 0.2) is 95.2 Å². The molecule has 22 nitrogen and oxygen atoms in total. The molecule has 4 fully saturated rings. The highest BCUT2D eigenvalue weighted by molar-refractivity contribution is 7.90. The largest absolute Gasteiger partial charge is 0.477 e. The van der Waals surface area contributed by atoms with Crippen molar-refractivity contribution in [1.29, 1.82) is 0 Å². The van der Waals surface area contributed by atoms with Crippen molar-refractivity contribution >= 4 is 60.9 Å². The molecule has 2 atom stereocenters. The van der Waals surface area contributed by atoms with Gasteiger partial charge in [0.15, 0.2) is 21.7 Å². The van der Waals surface area contributed by atoms with Gasteiger partial charge in [0.2, 0.25) is 11.8 Å². The first kappa shape index (κ1) is 53.5. The number of nitrogens with one attached hydrogen (secondary N) is 5. The average molecular weight is 1110 g/mol. The van der Waals surface area contributed by atoms with E-state index in [2.05, 4.69) is 87.4 Å². The third-order valence-corrected chi connectivity index (χ3v) is 17.5. The van der Waals surface area contributed by atoms with E-state index in [1.54, 1.807) is 65.6 Å². The van der Waals surface area contributed by atoms with Gasteiger partial charge in [0.25, 0.3) is 31.9 Å². The van der Waals surface area contributed by atoms with Crippen LogP contribution in [0.5, 0.6) is 11.8 Å². The summed E-state index contributed by atoms with van der Waals surface area (Å²) in [6.45, 7) is 15.3. The minimum atomic E-state index is -4.26. The molecule has 2 unspecified atom stereocenters.